The number of nitrogens with one attached hydrogen (secondary N) is 2. The van der Waals surface area contributed by atoms with Gasteiger partial charge < -0.3 is 24.3 Å². The Morgan fingerprint density at radius 1 is 0.900 bits per heavy atom. The summed E-state index contributed by atoms with van der Waals surface area (Å²) >= 11 is 0. The van der Waals surface area contributed by atoms with E-state index in [2.05, 4.69) is 41.3 Å². The number of para-hydroxylation sites is 1. The summed E-state index contributed by atoms with van der Waals surface area (Å²) in [6.45, 7) is 5.69. The number of anilines is 3. The molecule has 30 heavy (non-hydrogen) atoms. The number of hydrogen-bond donors (Lipinski definition) is 2. The number of H-pyrrole nitrogens is 1. The van der Waals surface area contributed by atoms with Gasteiger partial charge in [0.15, 0.2) is 0 Å². The summed E-state index contributed by atoms with van der Waals surface area (Å²) in [5, 5.41) is 5.49. The minimum Gasteiger partial charge on any atom is -0.378 e. The molecule has 0 spiro atoms. The zero-order chi connectivity index (χ0) is 20.2. The van der Waals surface area contributed by atoms with Crippen LogP contribution in [0, 0.1) is 0 Å². The number of aromatic nitrogens is 4. The van der Waals surface area contributed by atoms with Crippen LogP contribution in [0.15, 0.2) is 35.6 Å². The summed E-state index contributed by atoms with van der Waals surface area (Å²) in [6.07, 6.45) is 3.70. The van der Waals surface area contributed by atoms with Crippen molar-refractivity contribution in [3.05, 3.63) is 36.0 Å². The largest absolute Gasteiger partial charge is 0.378 e. The molecule has 10 nitrogen and oxygen atoms in total. The second-order valence-electron chi connectivity index (χ2n) is 7.12. The quantitative estimate of drug-likeness (QED) is 0.483. The van der Waals surface area contributed by atoms with Crippen LogP contribution in [-0.4, -0.2) is 78.8 Å². The number of aromatic amines is 1. The van der Waals surface area contributed by atoms with Crippen molar-refractivity contribution in [2.75, 3.05) is 67.8 Å². The highest BCUT2D eigenvalue weighted by molar-refractivity contribution is 5.99. The van der Waals surface area contributed by atoms with E-state index >= 15 is 0 Å². The van der Waals surface area contributed by atoms with Gasteiger partial charge in [-0.15, -0.1) is 0 Å². The molecule has 0 amide bonds. The Bertz CT molecular complexity index is 988. The molecule has 2 aliphatic heterocycles. The number of hydrogen-bond acceptors (Lipinski definition) is 9. The number of ether oxygens (including phenoxy) is 2. The van der Waals surface area contributed by atoms with Crippen LogP contribution in [0.25, 0.3) is 10.9 Å². The van der Waals surface area contributed by atoms with E-state index < -0.39 is 0 Å². The number of hydrazone groups is 1. The molecule has 3 aromatic rings. The number of benzene rings is 1. The maximum absolute atomic E-state index is 5.46. The van der Waals surface area contributed by atoms with Gasteiger partial charge in [-0.1, -0.05) is 18.2 Å². The number of fused-ring (bicyclic) bond motifs is 1. The van der Waals surface area contributed by atoms with Gasteiger partial charge in [-0.05, 0) is 6.07 Å². The predicted octanol–water partition coefficient (Wildman–Crippen LogP) is 1.47. The molecule has 10 heteroatoms. The van der Waals surface area contributed by atoms with Crippen LogP contribution < -0.4 is 15.2 Å². The van der Waals surface area contributed by atoms with Crippen molar-refractivity contribution in [3.63, 3.8) is 0 Å². The first kappa shape index (κ1) is 18.8. The zero-order valence-electron chi connectivity index (χ0n) is 16.6. The second kappa shape index (κ2) is 8.64. The van der Waals surface area contributed by atoms with Gasteiger partial charge in [0.05, 0.1) is 32.6 Å². The average Bonchev–Trinajstić information content (AvgIpc) is 3.23. The van der Waals surface area contributed by atoms with Gasteiger partial charge >= 0.3 is 0 Å². The molecule has 4 heterocycles. The smallest absolute Gasteiger partial charge is 0.250 e. The first-order valence-electron chi connectivity index (χ1n) is 10.1. The van der Waals surface area contributed by atoms with E-state index in [1.807, 2.05) is 24.4 Å². The molecule has 2 N–H and O–H groups in total. The molecule has 2 fully saturated rings. The molecule has 0 aliphatic carbocycles. The molecule has 156 valence electrons. The van der Waals surface area contributed by atoms with Crippen molar-refractivity contribution in [2.24, 2.45) is 5.10 Å². The van der Waals surface area contributed by atoms with E-state index in [-0.39, 0.29) is 0 Å². The van der Waals surface area contributed by atoms with Crippen molar-refractivity contribution < 1.29 is 9.47 Å². The summed E-state index contributed by atoms with van der Waals surface area (Å²) < 4.78 is 10.9. The summed E-state index contributed by atoms with van der Waals surface area (Å²) in [4.78, 5) is 21.4. The topological polar surface area (TPSA) is 104 Å². The number of rotatable bonds is 5. The molecule has 2 aromatic heterocycles. The summed E-state index contributed by atoms with van der Waals surface area (Å²) in [5.41, 5.74) is 5.05. The highest BCUT2D eigenvalue weighted by Crippen LogP contribution is 2.19. The molecule has 5 rings (SSSR count). The number of morpholine rings is 2. The Hall–Kier alpha value is -3.24. The summed E-state index contributed by atoms with van der Waals surface area (Å²) in [5.74, 6) is 1.70. The highest BCUT2D eigenvalue weighted by atomic mass is 16.5. The van der Waals surface area contributed by atoms with Gasteiger partial charge in [0.25, 0.3) is 0 Å². The van der Waals surface area contributed by atoms with Crippen molar-refractivity contribution in [1.82, 2.24) is 19.9 Å². The molecule has 0 unspecified atom stereocenters. The lowest BCUT2D eigenvalue weighted by Gasteiger charge is -2.30. The third-order valence-electron chi connectivity index (χ3n) is 5.19. The Morgan fingerprint density at radius 3 is 2.20 bits per heavy atom. The lowest BCUT2D eigenvalue weighted by atomic mass is 10.2. The van der Waals surface area contributed by atoms with E-state index in [1.165, 1.54) is 0 Å². The summed E-state index contributed by atoms with van der Waals surface area (Å²) in [6, 6.07) is 8.11. The third-order valence-corrected chi connectivity index (χ3v) is 5.19. The van der Waals surface area contributed by atoms with E-state index in [0.29, 0.717) is 44.3 Å². The maximum Gasteiger partial charge on any atom is 0.250 e. The normalized spacial score (nSPS) is 17.7. The molecule has 2 saturated heterocycles. The van der Waals surface area contributed by atoms with Gasteiger partial charge in [-0.3, -0.25) is 0 Å². The minimum atomic E-state index is 0.420. The molecule has 0 saturated carbocycles. The molecular formula is C20H24N8O2. The molecule has 0 bridgehead atoms. The van der Waals surface area contributed by atoms with Crippen LogP contribution in [0.3, 0.4) is 0 Å². The summed E-state index contributed by atoms with van der Waals surface area (Å²) in [7, 11) is 0. The average molecular weight is 408 g/mol. The van der Waals surface area contributed by atoms with Crippen molar-refractivity contribution in [2.45, 2.75) is 0 Å². The van der Waals surface area contributed by atoms with Crippen LogP contribution in [-0.2, 0) is 9.47 Å². The van der Waals surface area contributed by atoms with Crippen LogP contribution in [0.2, 0.25) is 0 Å². The van der Waals surface area contributed by atoms with E-state index in [4.69, 9.17) is 14.5 Å². The maximum atomic E-state index is 5.46. The molecular weight excluding hydrogens is 384 g/mol. The van der Waals surface area contributed by atoms with E-state index in [1.54, 1.807) is 6.21 Å². The molecule has 0 radical (unpaired) electrons. The first-order chi connectivity index (χ1) is 14.9. The van der Waals surface area contributed by atoms with Crippen molar-refractivity contribution in [1.29, 1.82) is 0 Å². The van der Waals surface area contributed by atoms with Crippen LogP contribution in [0.4, 0.5) is 17.8 Å². The second-order valence-corrected chi connectivity index (χ2v) is 7.12. The van der Waals surface area contributed by atoms with Gasteiger partial charge in [-0.2, -0.15) is 20.1 Å². The fourth-order valence-electron chi connectivity index (χ4n) is 3.57. The Kier molecular flexibility index (Phi) is 5.40. The van der Waals surface area contributed by atoms with Crippen molar-refractivity contribution >= 4 is 35.0 Å². The third kappa shape index (κ3) is 4.05. The van der Waals surface area contributed by atoms with E-state index in [0.717, 1.165) is 42.6 Å². The van der Waals surface area contributed by atoms with Crippen LogP contribution in [0.5, 0.6) is 0 Å². The van der Waals surface area contributed by atoms with Gasteiger partial charge in [0, 0.05) is 48.8 Å². The van der Waals surface area contributed by atoms with Crippen LogP contribution >= 0.6 is 0 Å². The van der Waals surface area contributed by atoms with Gasteiger partial charge in [0.1, 0.15) is 0 Å². The van der Waals surface area contributed by atoms with E-state index in [9.17, 15) is 0 Å². The number of nitrogens with zero attached hydrogens (tertiary/aromatic N) is 6. The lowest BCUT2D eigenvalue weighted by molar-refractivity contribution is 0.121. The first-order valence-corrected chi connectivity index (χ1v) is 10.1. The SMILES string of the molecule is C(=N\Nc1nc(N2CCOCC2)nc(N2CCOCC2)n1)/c1c[nH]c2ccccc12. The minimum absolute atomic E-state index is 0.420. The van der Waals surface area contributed by atoms with Crippen LogP contribution in [0.1, 0.15) is 5.56 Å². The Morgan fingerprint density at radius 2 is 1.53 bits per heavy atom. The van der Waals surface area contributed by atoms with Gasteiger partial charge in [-0.25, -0.2) is 5.43 Å². The monoisotopic (exact) mass is 408 g/mol. The predicted molar refractivity (Wildman–Crippen MR) is 115 cm³/mol. The fourth-order valence-corrected chi connectivity index (χ4v) is 3.57. The van der Waals surface area contributed by atoms with Gasteiger partial charge in [0.2, 0.25) is 17.8 Å². The Balaban J connectivity index is 1.39. The zero-order valence-corrected chi connectivity index (χ0v) is 16.6. The molecule has 1 aromatic carbocycles. The van der Waals surface area contributed by atoms with Crippen molar-refractivity contribution in [3.8, 4) is 0 Å². The fraction of sp³-hybridized carbons (Fsp3) is 0.400. The highest BCUT2D eigenvalue weighted by Gasteiger charge is 2.20. The molecule has 2 aliphatic rings. The Labute approximate surface area is 173 Å². The standard InChI is InChI=1S/C20H24N8O2/c1-2-4-17-16(3-1)15(13-21-17)14-22-26-18-23-19(27-5-9-29-10-6-27)25-20(24-18)28-7-11-30-12-8-28/h1-4,13-14,21H,5-12H2,(H,23,24,25,26)/b22-14+. The molecule has 0 atom stereocenters. The lowest BCUT2D eigenvalue weighted by Crippen LogP contribution is -2.40.